The van der Waals surface area contributed by atoms with E-state index in [0.29, 0.717) is 22.3 Å². The Balaban J connectivity index is 1.57. The molecule has 128 valence electrons. The van der Waals surface area contributed by atoms with Gasteiger partial charge in [0.15, 0.2) is 0 Å². The predicted octanol–water partition coefficient (Wildman–Crippen LogP) is 3.48. The fourth-order valence-electron chi connectivity index (χ4n) is 2.12. The summed E-state index contributed by atoms with van der Waals surface area (Å²) in [6.45, 7) is 0.528. The summed E-state index contributed by atoms with van der Waals surface area (Å²) >= 11 is 5.74. The minimum absolute atomic E-state index is 0.254. The van der Waals surface area contributed by atoms with Crippen molar-refractivity contribution in [3.8, 4) is 17.3 Å². The molecule has 2 aromatic heterocycles. The van der Waals surface area contributed by atoms with Crippen LogP contribution in [0.15, 0.2) is 65.7 Å². The number of aromatic nitrogens is 2. The summed E-state index contributed by atoms with van der Waals surface area (Å²) < 4.78 is 25.2. The van der Waals surface area contributed by atoms with Crippen molar-refractivity contribution < 1.29 is 13.9 Å². The minimum atomic E-state index is -0.355. The first-order chi connectivity index (χ1) is 12.1. The Labute approximate surface area is 148 Å². The third-order valence-electron chi connectivity index (χ3n) is 3.30. The maximum atomic E-state index is 13.0. The number of pyridine rings is 2. The smallest absolute Gasteiger partial charge is 0.258 e. The second-order valence-electron chi connectivity index (χ2n) is 5.06. The molecular weight excluding hydrogens is 347 g/mol. The zero-order valence-corrected chi connectivity index (χ0v) is 13.8. The van der Waals surface area contributed by atoms with Crippen molar-refractivity contribution in [3.63, 3.8) is 0 Å². The van der Waals surface area contributed by atoms with Crippen LogP contribution in [0, 0.1) is 5.82 Å². The van der Waals surface area contributed by atoms with Crippen molar-refractivity contribution in [1.82, 2.24) is 9.55 Å². The fourth-order valence-corrected chi connectivity index (χ4v) is 2.23. The van der Waals surface area contributed by atoms with Gasteiger partial charge >= 0.3 is 0 Å². The monoisotopic (exact) mass is 360 g/mol. The molecular formula is C18H14ClFN2O3. The zero-order valence-electron chi connectivity index (χ0n) is 13.1. The van der Waals surface area contributed by atoms with Crippen molar-refractivity contribution in [2.75, 3.05) is 13.2 Å². The predicted molar refractivity (Wildman–Crippen MR) is 92.2 cm³/mol. The van der Waals surface area contributed by atoms with E-state index in [1.807, 2.05) is 0 Å². The molecule has 0 saturated heterocycles. The van der Waals surface area contributed by atoms with Crippen LogP contribution in [0.25, 0.3) is 5.69 Å². The third-order valence-corrected chi connectivity index (χ3v) is 3.52. The molecule has 0 bridgehead atoms. The maximum Gasteiger partial charge on any atom is 0.258 e. The van der Waals surface area contributed by atoms with Gasteiger partial charge in [0.05, 0.1) is 5.02 Å². The second kappa shape index (κ2) is 7.81. The molecule has 0 spiro atoms. The van der Waals surface area contributed by atoms with Crippen LogP contribution in [0.1, 0.15) is 0 Å². The Hall–Kier alpha value is -2.86. The summed E-state index contributed by atoms with van der Waals surface area (Å²) in [7, 11) is 0. The number of halogens is 2. The minimum Gasteiger partial charge on any atom is -0.490 e. The highest BCUT2D eigenvalue weighted by atomic mass is 35.5. The molecule has 0 aliphatic heterocycles. The Morgan fingerprint density at radius 3 is 2.48 bits per heavy atom. The third kappa shape index (κ3) is 4.58. The lowest BCUT2D eigenvalue weighted by atomic mass is 10.3. The summed E-state index contributed by atoms with van der Waals surface area (Å²) in [6, 6.07) is 12.0. The molecule has 3 aromatic rings. The molecule has 0 aliphatic rings. The number of benzene rings is 1. The van der Waals surface area contributed by atoms with Crippen LogP contribution in [0.4, 0.5) is 4.39 Å². The molecule has 3 rings (SSSR count). The molecule has 0 amide bonds. The van der Waals surface area contributed by atoms with Crippen LogP contribution in [-0.2, 0) is 0 Å². The van der Waals surface area contributed by atoms with E-state index in [0.717, 1.165) is 0 Å². The molecule has 0 atom stereocenters. The van der Waals surface area contributed by atoms with Gasteiger partial charge in [-0.25, -0.2) is 9.37 Å². The molecule has 7 heteroatoms. The SMILES string of the molecule is O=c1cc(OCCOc2ccc(Cl)cn2)ccn1-c1ccc(F)cc1. The van der Waals surface area contributed by atoms with Crippen LogP contribution in [0.3, 0.4) is 0 Å². The Morgan fingerprint density at radius 2 is 1.80 bits per heavy atom. The lowest BCUT2D eigenvalue weighted by Crippen LogP contribution is -2.17. The lowest BCUT2D eigenvalue weighted by Gasteiger charge is -2.09. The van der Waals surface area contributed by atoms with Gasteiger partial charge in [-0.2, -0.15) is 0 Å². The number of hydrogen-bond acceptors (Lipinski definition) is 4. The van der Waals surface area contributed by atoms with Gasteiger partial charge in [-0.05, 0) is 36.4 Å². The topological polar surface area (TPSA) is 53.4 Å². The van der Waals surface area contributed by atoms with Crippen molar-refractivity contribution in [2.45, 2.75) is 0 Å². The first kappa shape index (κ1) is 17.0. The van der Waals surface area contributed by atoms with Crippen molar-refractivity contribution in [1.29, 1.82) is 0 Å². The average molecular weight is 361 g/mol. The number of rotatable bonds is 6. The fraction of sp³-hybridized carbons (Fsp3) is 0.111. The summed E-state index contributed by atoms with van der Waals surface area (Å²) in [4.78, 5) is 16.1. The molecule has 0 aliphatic carbocycles. The van der Waals surface area contributed by atoms with Crippen molar-refractivity contribution in [3.05, 3.63) is 82.1 Å². The number of hydrogen-bond donors (Lipinski definition) is 0. The molecule has 0 radical (unpaired) electrons. The van der Waals surface area contributed by atoms with Gasteiger partial charge in [0.1, 0.15) is 24.8 Å². The first-order valence-corrected chi connectivity index (χ1v) is 7.85. The second-order valence-corrected chi connectivity index (χ2v) is 5.50. The van der Waals surface area contributed by atoms with Gasteiger partial charge < -0.3 is 9.47 Å². The van der Waals surface area contributed by atoms with Gasteiger partial charge in [-0.15, -0.1) is 0 Å². The van der Waals surface area contributed by atoms with E-state index in [2.05, 4.69) is 4.98 Å². The molecule has 25 heavy (non-hydrogen) atoms. The van der Waals surface area contributed by atoms with Gasteiger partial charge in [0.2, 0.25) is 5.88 Å². The Bertz CT molecular complexity index is 895. The Morgan fingerprint density at radius 1 is 1.04 bits per heavy atom. The van der Waals surface area contributed by atoms with E-state index in [4.69, 9.17) is 21.1 Å². The molecule has 0 unspecified atom stereocenters. The first-order valence-electron chi connectivity index (χ1n) is 7.47. The summed E-state index contributed by atoms with van der Waals surface area (Å²) in [5.41, 5.74) is 0.305. The van der Waals surface area contributed by atoms with E-state index < -0.39 is 0 Å². The van der Waals surface area contributed by atoms with Crippen LogP contribution < -0.4 is 15.0 Å². The standard InChI is InChI=1S/C18H14ClFN2O3/c19-13-1-6-17(21-12-13)25-10-9-24-16-7-8-22(18(23)11-16)15-4-2-14(20)3-5-15/h1-8,11-12H,9-10H2. The van der Waals surface area contributed by atoms with E-state index in [1.54, 1.807) is 24.4 Å². The summed E-state index contributed by atoms with van der Waals surface area (Å²) in [5.74, 6) is 0.516. The molecule has 0 saturated carbocycles. The van der Waals surface area contributed by atoms with Crippen LogP contribution >= 0.6 is 11.6 Å². The lowest BCUT2D eigenvalue weighted by molar-refractivity contribution is 0.211. The number of nitrogens with zero attached hydrogens (tertiary/aromatic N) is 2. The largest absolute Gasteiger partial charge is 0.490 e. The van der Waals surface area contributed by atoms with Gasteiger partial charge in [-0.3, -0.25) is 9.36 Å². The molecule has 0 N–H and O–H groups in total. The number of ether oxygens (including phenoxy) is 2. The van der Waals surface area contributed by atoms with E-state index in [1.165, 1.54) is 41.1 Å². The zero-order chi connectivity index (χ0) is 17.6. The highest BCUT2D eigenvalue weighted by Crippen LogP contribution is 2.12. The average Bonchev–Trinajstić information content (AvgIpc) is 2.61. The molecule has 1 aromatic carbocycles. The maximum absolute atomic E-state index is 13.0. The molecule has 5 nitrogen and oxygen atoms in total. The van der Waals surface area contributed by atoms with Crippen molar-refractivity contribution >= 4 is 11.6 Å². The summed E-state index contributed by atoms with van der Waals surface area (Å²) in [5, 5.41) is 0.533. The van der Waals surface area contributed by atoms with Gasteiger partial charge in [0, 0.05) is 30.2 Å². The van der Waals surface area contributed by atoms with E-state index in [9.17, 15) is 9.18 Å². The highest BCUT2D eigenvalue weighted by molar-refractivity contribution is 6.30. The normalized spacial score (nSPS) is 10.5. The van der Waals surface area contributed by atoms with E-state index in [-0.39, 0.29) is 24.6 Å². The summed E-state index contributed by atoms with van der Waals surface area (Å²) in [6.07, 6.45) is 3.07. The van der Waals surface area contributed by atoms with Crippen LogP contribution in [0.2, 0.25) is 5.02 Å². The van der Waals surface area contributed by atoms with E-state index >= 15 is 0 Å². The highest BCUT2D eigenvalue weighted by Gasteiger charge is 2.03. The quantitative estimate of drug-likeness (QED) is 0.631. The van der Waals surface area contributed by atoms with Crippen LogP contribution in [0.5, 0.6) is 11.6 Å². The van der Waals surface area contributed by atoms with Gasteiger partial charge in [0.25, 0.3) is 5.56 Å². The van der Waals surface area contributed by atoms with Crippen LogP contribution in [-0.4, -0.2) is 22.8 Å². The van der Waals surface area contributed by atoms with Crippen molar-refractivity contribution in [2.24, 2.45) is 0 Å². The molecule has 0 fully saturated rings. The molecule has 2 heterocycles. The van der Waals surface area contributed by atoms with Gasteiger partial charge in [-0.1, -0.05) is 11.6 Å². The Kier molecular flexibility index (Phi) is 5.30.